The molecule has 1 saturated carbocycles. The van der Waals surface area contributed by atoms with Gasteiger partial charge >= 0.3 is 0 Å². The summed E-state index contributed by atoms with van der Waals surface area (Å²) in [5, 5.41) is 15.2. The third-order valence-corrected chi connectivity index (χ3v) is 3.86. The first-order valence-corrected chi connectivity index (χ1v) is 6.71. The number of nitrogens with zero attached hydrogens (tertiary/aromatic N) is 2. The number of nitro groups is 1. The minimum atomic E-state index is -0.402. The highest BCUT2D eigenvalue weighted by Crippen LogP contribution is 2.30. The molecule has 1 aliphatic carbocycles. The van der Waals surface area contributed by atoms with E-state index in [2.05, 4.69) is 10.3 Å². The molecule has 0 spiro atoms. The smallest absolute Gasteiger partial charge is 0.295 e. The Kier molecular flexibility index (Phi) is 3.23. The molecule has 0 bridgehead atoms. The molecule has 1 aliphatic rings. The minimum absolute atomic E-state index is 0.0295. The maximum Gasteiger partial charge on any atom is 0.295 e. The summed E-state index contributed by atoms with van der Waals surface area (Å²) in [6.45, 7) is 0. The molecule has 20 heavy (non-hydrogen) atoms. The molecule has 6 heteroatoms. The Morgan fingerprint density at radius 3 is 2.90 bits per heavy atom. The quantitative estimate of drug-likeness (QED) is 0.661. The van der Waals surface area contributed by atoms with Crippen molar-refractivity contribution in [3.8, 4) is 0 Å². The number of para-hydroxylation sites is 1. The largest absolute Gasteiger partial charge is 0.380 e. The van der Waals surface area contributed by atoms with Crippen molar-refractivity contribution in [2.75, 3.05) is 5.32 Å². The lowest BCUT2D eigenvalue weighted by atomic mass is 10.1. The lowest BCUT2D eigenvalue weighted by Crippen LogP contribution is -2.35. The second-order valence-electron chi connectivity index (χ2n) is 5.13. The van der Waals surface area contributed by atoms with Gasteiger partial charge in [-0.25, -0.2) is 4.98 Å². The van der Waals surface area contributed by atoms with Crippen molar-refractivity contribution in [1.82, 2.24) is 4.98 Å². The number of aromatic nitrogens is 1. The Labute approximate surface area is 116 Å². The number of non-ortho nitro benzene ring substituents is 1. The molecule has 2 aromatic rings. The van der Waals surface area contributed by atoms with E-state index in [1.54, 1.807) is 12.3 Å². The Hall–Kier alpha value is -2.21. The number of rotatable bonds is 3. The van der Waals surface area contributed by atoms with E-state index in [0.29, 0.717) is 5.52 Å². The molecule has 1 heterocycles. The zero-order chi connectivity index (χ0) is 14.1. The van der Waals surface area contributed by atoms with Crippen LogP contribution in [0.2, 0.25) is 0 Å². The van der Waals surface area contributed by atoms with Gasteiger partial charge < -0.3 is 11.1 Å². The summed E-state index contributed by atoms with van der Waals surface area (Å²) in [6, 6.07) is 7.20. The molecule has 1 aromatic heterocycles. The number of nitrogens with two attached hydrogens (primary N) is 1. The summed E-state index contributed by atoms with van der Waals surface area (Å²) >= 11 is 0. The van der Waals surface area contributed by atoms with Gasteiger partial charge in [0.1, 0.15) is 5.52 Å². The van der Waals surface area contributed by atoms with Crippen LogP contribution in [0.1, 0.15) is 19.3 Å². The second-order valence-corrected chi connectivity index (χ2v) is 5.13. The Morgan fingerprint density at radius 2 is 2.20 bits per heavy atom. The molecule has 2 unspecified atom stereocenters. The first kappa shape index (κ1) is 12.8. The Bertz CT molecular complexity index is 659. The van der Waals surface area contributed by atoms with E-state index in [1.807, 2.05) is 12.1 Å². The average molecular weight is 272 g/mol. The molecule has 2 atom stereocenters. The van der Waals surface area contributed by atoms with Crippen molar-refractivity contribution >= 4 is 22.3 Å². The number of benzene rings is 1. The fraction of sp³-hybridized carbons (Fsp3) is 0.357. The van der Waals surface area contributed by atoms with Crippen molar-refractivity contribution in [3.63, 3.8) is 0 Å². The average Bonchev–Trinajstić information content (AvgIpc) is 2.84. The molecule has 3 N–H and O–H groups in total. The van der Waals surface area contributed by atoms with Crippen molar-refractivity contribution < 1.29 is 4.92 Å². The van der Waals surface area contributed by atoms with E-state index in [-0.39, 0.29) is 17.8 Å². The van der Waals surface area contributed by atoms with Crippen molar-refractivity contribution in [3.05, 3.63) is 40.6 Å². The van der Waals surface area contributed by atoms with Crippen LogP contribution in [0, 0.1) is 10.1 Å². The summed E-state index contributed by atoms with van der Waals surface area (Å²) in [6.07, 6.45) is 4.75. The van der Waals surface area contributed by atoms with E-state index < -0.39 is 4.92 Å². The van der Waals surface area contributed by atoms with E-state index in [9.17, 15) is 10.1 Å². The molecule has 1 aromatic carbocycles. The van der Waals surface area contributed by atoms with Gasteiger partial charge in [0, 0.05) is 35.4 Å². The van der Waals surface area contributed by atoms with Gasteiger partial charge in [-0.05, 0) is 25.3 Å². The van der Waals surface area contributed by atoms with Crippen LogP contribution in [-0.2, 0) is 0 Å². The fourth-order valence-electron chi connectivity index (χ4n) is 2.80. The van der Waals surface area contributed by atoms with E-state index >= 15 is 0 Å². The van der Waals surface area contributed by atoms with Gasteiger partial charge in [0.05, 0.1) is 4.92 Å². The molecule has 3 rings (SSSR count). The first-order chi connectivity index (χ1) is 9.66. The zero-order valence-corrected chi connectivity index (χ0v) is 11.0. The molecular weight excluding hydrogens is 256 g/mol. The van der Waals surface area contributed by atoms with E-state index in [4.69, 9.17) is 5.73 Å². The summed E-state index contributed by atoms with van der Waals surface area (Å²) in [4.78, 5) is 14.8. The third kappa shape index (κ3) is 2.18. The second kappa shape index (κ2) is 5.05. The third-order valence-electron chi connectivity index (χ3n) is 3.86. The van der Waals surface area contributed by atoms with Crippen LogP contribution in [0.15, 0.2) is 30.5 Å². The number of nitro benzene ring substituents is 1. The number of hydrogen-bond acceptors (Lipinski definition) is 5. The highest BCUT2D eigenvalue weighted by Gasteiger charge is 2.24. The first-order valence-electron chi connectivity index (χ1n) is 6.71. The molecule has 0 aliphatic heterocycles. The summed E-state index contributed by atoms with van der Waals surface area (Å²) in [7, 11) is 0. The molecule has 6 nitrogen and oxygen atoms in total. The van der Waals surface area contributed by atoms with Crippen LogP contribution in [0.4, 0.5) is 11.4 Å². The van der Waals surface area contributed by atoms with Crippen molar-refractivity contribution in [2.24, 2.45) is 5.73 Å². The maximum atomic E-state index is 11.0. The van der Waals surface area contributed by atoms with Gasteiger partial charge in [0.15, 0.2) is 0 Å². The van der Waals surface area contributed by atoms with E-state index in [1.165, 1.54) is 6.07 Å². The summed E-state index contributed by atoms with van der Waals surface area (Å²) < 4.78 is 0. The summed E-state index contributed by atoms with van der Waals surface area (Å²) in [5.41, 5.74) is 7.37. The minimum Gasteiger partial charge on any atom is -0.380 e. The van der Waals surface area contributed by atoms with Gasteiger partial charge in [-0.1, -0.05) is 12.1 Å². The standard InChI is InChI=1S/C14H16N4O2/c15-10-4-2-5-12(10)17-11-7-8-16-14-9(11)3-1-6-13(14)18(19)20/h1,3,6-8,10,12H,2,4-5,15H2,(H,16,17). The highest BCUT2D eigenvalue weighted by atomic mass is 16.6. The van der Waals surface area contributed by atoms with Crippen molar-refractivity contribution in [1.29, 1.82) is 0 Å². The monoisotopic (exact) mass is 272 g/mol. The van der Waals surface area contributed by atoms with Crippen LogP contribution in [0.25, 0.3) is 10.9 Å². The maximum absolute atomic E-state index is 11.0. The van der Waals surface area contributed by atoms with Crippen LogP contribution in [0.3, 0.4) is 0 Å². The van der Waals surface area contributed by atoms with Crippen LogP contribution < -0.4 is 11.1 Å². The number of hydrogen-bond donors (Lipinski definition) is 2. The SMILES string of the molecule is NC1CCCC1Nc1ccnc2c([N+](=O)[O-])cccc12. The number of pyridine rings is 1. The molecule has 1 fully saturated rings. The zero-order valence-electron chi connectivity index (χ0n) is 11.0. The predicted octanol–water partition coefficient (Wildman–Crippen LogP) is 2.43. The van der Waals surface area contributed by atoms with Crippen molar-refractivity contribution in [2.45, 2.75) is 31.3 Å². The molecular formula is C14H16N4O2. The number of fused-ring (bicyclic) bond motifs is 1. The van der Waals surface area contributed by atoms with Crippen LogP contribution in [0.5, 0.6) is 0 Å². The number of anilines is 1. The Balaban J connectivity index is 2.03. The van der Waals surface area contributed by atoms with Gasteiger partial charge in [-0.15, -0.1) is 0 Å². The van der Waals surface area contributed by atoms with Gasteiger partial charge in [-0.3, -0.25) is 10.1 Å². The Morgan fingerprint density at radius 1 is 1.35 bits per heavy atom. The lowest BCUT2D eigenvalue weighted by molar-refractivity contribution is -0.383. The molecule has 0 radical (unpaired) electrons. The predicted molar refractivity (Wildman–Crippen MR) is 77.6 cm³/mol. The van der Waals surface area contributed by atoms with Crippen LogP contribution >= 0.6 is 0 Å². The molecule has 0 amide bonds. The van der Waals surface area contributed by atoms with Gasteiger partial charge in [0.2, 0.25) is 0 Å². The molecule has 0 saturated heterocycles. The highest BCUT2D eigenvalue weighted by molar-refractivity contribution is 5.96. The normalized spacial score (nSPS) is 22.1. The van der Waals surface area contributed by atoms with Crippen LogP contribution in [-0.4, -0.2) is 22.0 Å². The number of nitrogens with one attached hydrogen (secondary N) is 1. The van der Waals surface area contributed by atoms with E-state index in [0.717, 1.165) is 30.3 Å². The topological polar surface area (TPSA) is 94.1 Å². The fourth-order valence-corrected chi connectivity index (χ4v) is 2.80. The van der Waals surface area contributed by atoms with Gasteiger partial charge in [-0.2, -0.15) is 0 Å². The molecule has 104 valence electrons. The van der Waals surface area contributed by atoms with Gasteiger partial charge in [0.25, 0.3) is 5.69 Å². The summed E-state index contributed by atoms with van der Waals surface area (Å²) in [5.74, 6) is 0. The lowest BCUT2D eigenvalue weighted by Gasteiger charge is -2.19.